The van der Waals surface area contributed by atoms with Crippen LogP contribution >= 0.6 is 0 Å². The number of nitrogens with zero attached hydrogens (tertiary/aromatic N) is 1. The Labute approximate surface area is 167 Å². The Morgan fingerprint density at radius 3 is 2.45 bits per heavy atom. The summed E-state index contributed by atoms with van der Waals surface area (Å²) in [6.45, 7) is 4.41. The summed E-state index contributed by atoms with van der Waals surface area (Å²) in [5.74, 6) is 0.238. The van der Waals surface area contributed by atoms with Gasteiger partial charge in [-0.05, 0) is 49.7 Å². The van der Waals surface area contributed by atoms with Gasteiger partial charge in [-0.2, -0.15) is 0 Å². The van der Waals surface area contributed by atoms with Gasteiger partial charge in [0.1, 0.15) is 16.8 Å². The zero-order valence-corrected chi connectivity index (χ0v) is 16.5. The first-order valence-electron chi connectivity index (χ1n) is 9.50. The quantitative estimate of drug-likeness (QED) is 0.367. The van der Waals surface area contributed by atoms with Crippen LogP contribution in [0.1, 0.15) is 24.2 Å². The third-order valence-corrected chi connectivity index (χ3v) is 4.98. The molecule has 0 saturated heterocycles. The Kier molecular flexibility index (Phi) is 4.84. The van der Waals surface area contributed by atoms with Gasteiger partial charge in [0.05, 0.1) is 25.0 Å². The molecule has 0 saturated carbocycles. The molecule has 6 heteroatoms. The molecular formula is C23H21NO5. The number of para-hydroxylation sites is 1. The number of carbonyl (C=O) groups is 1. The van der Waals surface area contributed by atoms with E-state index >= 15 is 0 Å². The maximum Gasteiger partial charge on any atom is 0.361 e. The van der Waals surface area contributed by atoms with Crippen molar-refractivity contribution < 1.29 is 18.7 Å². The van der Waals surface area contributed by atoms with Gasteiger partial charge >= 0.3 is 11.6 Å². The Balaban J connectivity index is 2.20. The number of carbonyl (C=O) groups excluding carboxylic acids is 1. The molecule has 0 aliphatic rings. The van der Waals surface area contributed by atoms with Gasteiger partial charge in [0.15, 0.2) is 0 Å². The Morgan fingerprint density at radius 1 is 1.07 bits per heavy atom. The molecule has 0 atom stereocenters. The average molecular weight is 391 g/mol. The molecule has 0 bridgehead atoms. The van der Waals surface area contributed by atoms with Gasteiger partial charge < -0.3 is 18.5 Å². The van der Waals surface area contributed by atoms with Crippen molar-refractivity contribution in [1.29, 1.82) is 0 Å². The molecule has 4 aromatic rings. The summed E-state index contributed by atoms with van der Waals surface area (Å²) < 4.78 is 18.0. The molecule has 6 nitrogen and oxygen atoms in total. The van der Waals surface area contributed by atoms with Crippen LogP contribution in [-0.4, -0.2) is 24.3 Å². The van der Waals surface area contributed by atoms with E-state index in [1.54, 1.807) is 26.2 Å². The molecular weight excluding hydrogens is 370 g/mol. The molecule has 0 aliphatic heterocycles. The van der Waals surface area contributed by atoms with Crippen LogP contribution in [0.3, 0.4) is 0 Å². The van der Waals surface area contributed by atoms with Crippen LogP contribution in [0, 0.1) is 0 Å². The molecule has 2 heterocycles. The highest BCUT2D eigenvalue weighted by atomic mass is 16.5. The van der Waals surface area contributed by atoms with Crippen molar-refractivity contribution in [3.63, 3.8) is 0 Å². The van der Waals surface area contributed by atoms with Crippen molar-refractivity contribution in [2.24, 2.45) is 0 Å². The fourth-order valence-electron chi connectivity index (χ4n) is 3.77. The molecule has 0 radical (unpaired) electrons. The van der Waals surface area contributed by atoms with Crippen molar-refractivity contribution in [3.8, 4) is 17.0 Å². The summed E-state index contributed by atoms with van der Waals surface area (Å²) in [6, 6.07) is 14.6. The Morgan fingerprint density at radius 2 is 1.79 bits per heavy atom. The summed E-state index contributed by atoms with van der Waals surface area (Å²) >= 11 is 0. The number of hydrogen-bond donors (Lipinski definition) is 0. The second kappa shape index (κ2) is 7.47. The van der Waals surface area contributed by atoms with Gasteiger partial charge in [-0.15, -0.1) is 0 Å². The number of ether oxygens (including phenoxy) is 2. The number of esters is 1. The lowest BCUT2D eigenvalue weighted by molar-refractivity contribution is 0.0529. The molecule has 29 heavy (non-hydrogen) atoms. The molecule has 0 spiro atoms. The van der Waals surface area contributed by atoms with Crippen LogP contribution in [0.25, 0.3) is 33.1 Å². The molecule has 2 aromatic carbocycles. The lowest BCUT2D eigenvalue weighted by Gasteiger charge is -2.10. The SMILES string of the molecule is CCOC(=O)c1c(-c2ccc(OC)cc2)n(CC)c2c(=O)oc3ccccc3c12. The molecule has 4 rings (SSSR count). The standard InChI is InChI=1S/C23H21NO5/c1-4-24-20(14-10-12-15(27-3)13-11-14)19(22(25)28-5-2)18-16-8-6-7-9-17(16)29-23(26)21(18)24/h6-13H,4-5H2,1-3H3. The first kappa shape index (κ1) is 18.8. The number of rotatable bonds is 5. The summed E-state index contributed by atoms with van der Waals surface area (Å²) in [5.41, 5.74) is 2.11. The number of benzene rings is 2. The molecule has 2 aromatic heterocycles. The van der Waals surface area contributed by atoms with Crippen molar-refractivity contribution >= 4 is 27.8 Å². The van der Waals surface area contributed by atoms with Crippen molar-refractivity contribution in [2.45, 2.75) is 20.4 Å². The number of aromatic nitrogens is 1. The second-order valence-electron chi connectivity index (χ2n) is 6.53. The number of hydrogen-bond acceptors (Lipinski definition) is 5. The van der Waals surface area contributed by atoms with Gasteiger partial charge in [-0.25, -0.2) is 9.59 Å². The van der Waals surface area contributed by atoms with E-state index < -0.39 is 11.6 Å². The topological polar surface area (TPSA) is 70.7 Å². The summed E-state index contributed by atoms with van der Waals surface area (Å²) in [4.78, 5) is 26.0. The second-order valence-corrected chi connectivity index (χ2v) is 6.53. The zero-order chi connectivity index (χ0) is 20.5. The van der Waals surface area contributed by atoms with E-state index in [0.717, 1.165) is 5.56 Å². The smallest absolute Gasteiger partial charge is 0.361 e. The maximum absolute atomic E-state index is 13.1. The molecule has 0 fully saturated rings. The minimum absolute atomic E-state index is 0.235. The van der Waals surface area contributed by atoms with Crippen LogP contribution in [0.15, 0.2) is 57.7 Å². The van der Waals surface area contributed by atoms with E-state index in [2.05, 4.69) is 0 Å². The highest BCUT2D eigenvalue weighted by Gasteiger charge is 2.28. The monoisotopic (exact) mass is 391 g/mol. The van der Waals surface area contributed by atoms with E-state index in [4.69, 9.17) is 13.9 Å². The lowest BCUT2D eigenvalue weighted by atomic mass is 10.0. The lowest BCUT2D eigenvalue weighted by Crippen LogP contribution is -2.08. The molecule has 148 valence electrons. The number of methoxy groups -OCH3 is 1. The first-order valence-corrected chi connectivity index (χ1v) is 9.50. The van der Waals surface area contributed by atoms with E-state index in [1.807, 2.05) is 47.9 Å². The highest BCUT2D eigenvalue weighted by molar-refractivity contribution is 6.18. The third kappa shape index (κ3) is 2.97. The van der Waals surface area contributed by atoms with Crippen molar-refractivity contribution in [3.05, 3.63) is 64.5 Å². The van der Waals surface area contributed by atoms with Crippen molar-refractivity contribution in [2.75, 3.05) is 13.7 Å². The van der Waals surface area contributed by atoms with Gasteiger partial charge in [0.2, 0.25) is 0 Å². The van der Waals surface area contributed by atoms with Crippen LogP contribution in [0.5, 0.6) is 5.75 Å². The normalized spacial score (nSPS) is 11.1. The zero-order valence-electron chi connectivity index (χ0n) is 16.5. The fraction of sp³-hybridized carbons (Fsp3) is 0.217. The minimum Gasteiger partial charge on any atom is -0.497 e. The number of aryl methyl sites for hydroxylation is 1. The van der Waals surface area contributed by atoms with E-state index in [0.29, 0.717) is 45.4 Å². The van der Waals surface area contributed by atoms with Crippen molar-refractivity contribution in [1.82, 2.24) is 4.57 Å². The van der Waals surface area contributed by atoms with E-state index in [9.17, 15) is 9.59 Å². The Bertz CT molecular complexity index is 1260. The molecule has 0 aliphatic carbocycles. The summed E-state index contributed by atoms with van der Waals surface area (Å²) in [7, 11) is 1.60. The average Bonchev–Trinajstić information content (AvgIpc) is 3.10. The first-order chi connectivity index (χ1) is 14.1. The Hall–Kier alpha value is -3.54. The maximum atomic E-state index is 13.1. The molecule has 0 N–H and O–H groups in total. The predicted octanol–water partition coefficient (Wildman–Crippen LogP) is 4.62. The van der Waals surface area contributed by atoms with Crippen LogP contribution in [0.4, 0.5) is 0 Å². The van der Waals surface area contributed by atoms with E-state index in [-0.39, 0.29) is 6.61 Å². The summed E-state index contributed by atoms with van der Waals surface area (Å²) in [6.07, 6.45) is 0. The minimum atomic E-state index is -0.481. The van der Waals surface area contributed by atoms with Gasteiger partial charge in [-0.3, -0.25) is 0 Å². The predicted molar refractivity (Wildman–Crippen MR) is 112 cm³/mol. The number of fused-ring (bicyclic) bond motifs is 3. The van der Waals surface area contributed by atoms with Crippen LogP contribution in [-0.2, 0) is 11.3 Å². The fourth-order valence-corrected chi connectivity index (χ4v) is 3.77. The van der Waals surface area contributed by atoms with Gasteiger partial charge in [0.25, 0.3) is 0 Å². The third-order valence-electron chi connectivity index (χ3n) is 4.98. The highest BCUT2D eigenvalue weighted by Crippen LogP contribution is 2.37. The molecule has 0 amide bonds. The van der Waals surface area contributed by atoms with Crippen LogP contribution in [0.2, 0.25) is 0 Å². The summed E-state index contributed by atoms with van der Waals surface area (Å²) in [5, 5.41) is 1.26. The van der Waals surface area contributed by atoms with Gasteiger partial charge in [-0.1, -0.05) is 18.2 Å². The molecule has 0 unspecified atom stereocenters. The van der Waals surface area contributed by atoms with Crippen LogP contribution < -0.4 is 10.4 Å². The largest absolute Gasteiger partial charge is 0.497 e. The van der Waals surface area contributed by atoms with Gasteiger partial charge in [0, 0.05) is 17.3 Å². The van der Waals surface area contributed by atoms with E-state index in [1.165, 1.54) is 0 Å².